The molecule has 0 bridgehead atoms. The highest BCUT2D eigenvalue weighted by molar-refractivity contribution is 9.10. The minimum atomic E-state index is -0.580. The molecule has 1 heterocycles. The Hall–Kier alpha value is -2.02. The second-order valence-corrected chi connectivity index (χ2v) is 4.26. The highest BCUT2D eigenvalue weighted by Gasteiger charge is 2.08. The van der Waals surface area contributed by atoms with E-state index in [4.69, 9.17) is 4.74 Å². The van der Waals surface area contributed by atoms with Crippen molar-refractivity contribution in [1.82, 2.24) is 9.97 Å². The molecule has 7 heteroatoms. The van der Waals surface area contributed by atoms with Crippen molar-refractivity contribution in [2.24, 2.45) is 0 Å². The molecule has 2 rings (SSSR count). The van der Waals surface area contributed by atoms with Gasteiger partial charge < -0.3 is 9.47 Å². The van der Waals surface area contributed by atoms with E-state index in [0.29, 0.717) is 5.75 Å². The van der Waals surface area contributed by atoms with Gasteiger partial charge in [0.1, 0.15) is 11.6 Å². The van der Waals surface area contributed by atoms with Gasteiger partial charge in [0.2, 0.25) is 5.88 Å². The molecule has 0 amide bonds. The molecule has 0 N–H and O–H groups in total. The number of nitrogens with zero attached hydrogens (tertiary/aromatic N) is 2. The van der Waals surface area contributed by atoms with Crippen LogP contribution in [0.2, 0.25) is 0 Å². The van der Waals surface area contributed by atoms with Crippen LogP contribution in [0.25, 0.3) is 0 Å². The lowest BCUT2D eigenvalue weighted by molar-refractivity contribution is 0.0593. The van der Waals surface area contributed by atoms with E-state index in [1.54, 1.807) is 0 Å². The number of methoxy groups -OCH3 is 1. The average molecular weight is 327 g/mol. The molecule has 0 saturated heterocycles. The zero-order valence-electron chi connectivity index (χ0n) is 9.76. The van der Waals surface area contributed by atoms with Crippen molar-refractivity contribution in [2.75, 3.05) is 7.11 Å². The zero-order valence-corrected chi connectivity index (χ0v) is 11.3. The van der Waals surface area contributed by atoms with Crippen LogP contribution < -0.4 is 4.74 Å². The van der Waals surface area contributed by atoms with Crippen LogP contribution in [0.5, 0.6) is 11.6 Å². The molecule has 0 saturated carbocycles. The predicted molar refractivity (Wildman–Crippen MR) is 67.5 cm³/mol. The number of carbonyl (C=O) groups excluding carboxylic acids is 1. The lowest BCUT2D eigenvalue weighted by atomic mass is 10.3. The Balaban J connectivity index is 2.15. The fourth-order valence-electron chi connectivity index (χ4n) is 1.24. The number of hydrogen-bond donors (Lipinski definition) is 0. The first-order chi connectivity index (χ1) is 9.10. The van der Waals surface area contributed by atoms with Crippen molar-refractivity contribution in [3.05, 3.63) is 46.6 Å². The highest BCUT2D eigenvalue weighted by atomic mass is 79.9. The quantitative estimate of drug-likeness (QED) is 0.811. The van der Waals surface area contributed by atoms with Crippen LogP contribution in [-0.2, 0) is 4.74 Å². The number of hydrogen-bond acceptors (Lipinski definition) is 5. The smallest absolute Gasteiger partial charge is 0.358 e. The third kappa shape index (κ3) is 3.25. The molecule has 5 nitrogen and oxygen atoms in total. The maximum absolute atomic E-state index is 13.0. The number of aromatic nitrogens is 2. The van der Waals surface area contributed by atoms with Gasteiger partial charge in [-0.1, -0.05) is 0 Å². The number of benzene rings is 1. The molecule has 1 aromatic heterocycles. The van der Waals surface area contributed by atoms with E-state index in [2.05, 4.69) is 30.6 Å². The van der Waals surface area contributed by atoms with Gasteiger partial charge >= 0.3 is 5.97 Å². The molecule has 0 aliphatic heterocycles. The van der Waals surface area contributed by atoms with Crippen molar-refractivity contribution in [2.45, 2.75) is 0 Å². The monoisotopic (exact) mass is 326 g/mol. The average Bonchev–Trinajstić information content (AvgIpc) is 2.43. The molecule has 0 fully saturated rings. The van der Waals surface area contributed by atoms with Crippen molar-refractivity contribution in [1.29, 1.82) is 0 Å². The van der Waals surface area contributed by atoms with Gasteiger partial charge in [-0.25, -0.2) is 19.2 Å². The Labute approximate surface area is 116 Å². The van der Waals surface area contributed by atoms with E-state index >= 15 is 0 Å². The Morgan fingerprint density at radius 3 is 2.68 bits per heavy atom. The molecule has 0 atom stereocenters. The number of carbonyl (C=O) groups is 1. The van der Waals surface area contributed by atoms with E-state index in [0.717, 1.165) is 0 Å². The van der Waals surface area contributed by atoms with Gasteiger partial charge in [0.15, 0.2) is 5.69 Å². The summed E-state index contributed by atoms with van der Waals surface area (Å²) in [7, 11) is 1.25. The van der Waals surface area contributed by atoms with Crippen LogP contribution in [0.3, 0.4) is 0 Å². The summed E-state index contributed by atoms with van der Waals surface area (Å²) in [6.45, 7) is 0. The zero-order chi connectivity index (χ0) is 13.8. The third-order valence-electron chi connectivity index (χ3n) is 2.14. The van der Waals surface area contributed by atoms with Crippen LogP contribution in [0.1, 0.15) is 10.5 Å². The van der Waals surface area contributed by atoms with Gasteiger partial charge in [-0.15, -0.1) is 0 Å². The summed E-state index contributed by atoms with van der Waals surface area (Å²) in [6, 6.07) is 4.18. The van der Waals surface area contributed by atoms with E-state index < -0.39 is 5.97 Å². The molecule has 98 valence electrons. The number of esters is 1. The van der Waals surface area contributed by atoms with Crippen molar-refractivity contribution < 1.29 is 18.7 Å². The van der Waals surface area contributed by atoms with Crippen LogP contribution >= 0.6 is 15.9 Å². The molecular formula is C12H8BrFN2O3. The van der Waals surface area contributed by atoms with Crippen molar-refractivity contribution in [3.63, 3.8) is 0 Å². The molecule has 2 aromatic rings. The summed E-state index contributed by atoms with van der Waals surface area (Å²) in [4.78, 5) is 18.9. The lowest BCUT2D eigenvalue weighted by Crippen LogP contribution is -2.04. The number of rotatable bonds is 3. The Bertz CT molecular complexity index is 604. The minimum absolute atomic E-state index is 0.0788. The van der Waals surface area contributed by atoms with E-state index in [1.165, 1.54) is 37.7 Å². The molecule has 0 unspecified atom stereocenters. The first kappa shape index (κ1) is 13.4. The minimum Gasteiger partial charge on any atom is -0.464 e. The fourth-order valence-corrected chi connectivity index (χ4v) is 1.60. The van der Waals surface area contributed by atoms with Crippen LogP contribution in [0.15, 0.2) is 35.1 Å². The summed E-state index contributed by atoms with van der Waals surface area (Å²) < 4.78 is 23.2. The van der Waals surface area contributed by atoms with Crippen molar-refractivity contribution >= 4 is 21.9 Å². The maximum atomic E-state index is 13.0. The lowest BCUT2D eigenvalue weighted by Gasteiger charge is -2.05. The molecular weight excluding hydrogens is 319 g/mol. The number of ether oxygens (including phenoxy) is 2. The molecule has 0 radical (unpaired) electrons. The topological polar surface area (TPSA) is 61.3 Å². The van der Waals surface area contributed by atoms with Crippen LogP contribution in [0, 0.1) is 5.82 Å². The van der Waals surface area contributed by atoms with Gasteiger partial charge in [0, 0.05) is 0 Å². The molecule has 19 heavy (non-hydrogen) atoms. The van der Waals surface area contributed by atoms with E-state index in [-0.39, 0.29) is 21.9 Å². The summed E-state index contributed by atoms with van der Waals surface area (Å²) >= 11 is 3.05. The van der Waals surface area contributed by atoms with Gasteiger partial charge in [-0.2, -0.15) is 0 Å². The molecule has 0 aliphatic carbocycles. The second kappa shape index (κ2) is 5.75. The standard InChI is InChI=1S/C12H8BrFN2O3/c1-18-12(17)10-5-16-11(6-15-10)19-7-2-3-9(14)8(13)4-7/h2-6H,1H3. The molecule has 0 aliphatic rings. The summed E-state index contributed by atoms with van der Waals surface area (Å²) in [6.07, 6.45) is 2.52. The molecule has 0 spiro atoms. The number of halogens is 2. The fraction of sp³-hybridized carbons (Fsp3) is 0.0833. The Kier molecular flexibility index (Phi) is 4.06. The largest absolute Gasteiger partial charge is 0.464 e. The normalized spacial score (nSPS) is 10.1. The van der Waals surface area contributed by atoms with Gasteiger partial charge in [0.25, 0.3) is 0 Å². The van der Waals surface area contributed by atoms with Gasteiger partial charge in [-0.3, -0.25) is 0 Å². The first-order valence-electron chi connectivity index (χ1n) is 5.13. The highest BCUT2D eigenvalue weighted by Crippen LogP contribution is 2.24. The third-order valence-corrected chi connectivity index (χ3v) is 2.74. The van der Waals surface area contributed by atoms with E-state index in [1.807, 2.05) is 0 Å². The Morgan fingerprint density at radius 1 is 1.32 bits per heavy atom. The summed E-state index contributed by atoms with van der Waals surface area (Å²) in [5.74, 6) is -0.386. The summed E-state index contributed by atoms with van der Waals surface area (Å²) in [5, 5.41) is 0. The van der Waals surface area contributed by atoms with Crippen molar-refractivity contribution in [3.8, 4) is 11.6 Å². The maximum Gasteiger partial charge on any atom is 0.358 e. The second-order valence-electron chi connectivity index (χ2n) is 3.41. The van der Waals surface area contributed by atoms with Crippen LogP contribution in [0.4, 0.5) is 4.39 Å². The SMILES string of the molecule is COC(=O)c1cnc(Oc2ccc(F)c(Br)c2)cn1. The van der Waals surface area contributed by atoms with E-state index in [9.17, 15) is 9.18 Å². The van der Waals surface area contributed by atoms with Gasteiger partial charge in [0.05, 0.1) is 24.0 Å². The van der Waals surface area contributed by atoms with Crippen LogP contribution in [-0.4, -0.2) is 23.0 Å². The molecule has 1 aromatic carbocycles. The Morgan fingerprint density at radius 2 is 2.11 bits per heavy atom. The summed E-state index contributed by atoms with van der Waals surface area (Å²) in [5.41, 5.74) is 0.0788. The first-order valence-corrected chi connectivity index (χ1v) is 5.92. The predicted octanol–water partition coefficient (Wildman–Crippen LogP) is 2.96. The van der Waals surface area contributed by atoms with Gasteiger partial charge in [-0.05, 0) is 34.1 Å².